The normalized spacial score (nSPS) is 10.6. The van der Waals surface area contributed by atoms with Crippen LogP contribution >= 0.6 is 0 Å². The maximum absolute atomic E-state index is 12.9. The average Bonchev–Trinajstić information content (AvgIpc) is 2.76. The number of rotatable bonds is 11. The zero-order chi connectivity index (χ0) is 22.8. The van der Waals surface area contributed by atoms with E-state index in [9.17, 15) is 14.4 Å². The summed E-state index contributed by atoms with van der Waals surface area (Å²) < 4.78 is 6.93. The van der Waals surface area contributed by atoms with Crippen LogP contribution in [0.3, 0.4) is 0 Å². The molecule has 0 unspecified atom stereocenters. The Morgan fingerprint density at radius 3 is 2.23 bits per heavy atom. The molecule has 0 radical (unpaired) electrons. The highest BCUT2D eigenvalue weighted by Crippen LogP contribution is 2.15. The third-order valence-corrected chi connectivity index (χ3v) is 4.84. The van der Waals surface area contributed by atoms with E-state index in [1.54, 1.807) is 36.2 Å². The van der Waals surface area contributed by atoms with E-state index in [-0.39, 0.29) is 17.2 Å². The largest absolute Gasteiger partial charge is 0.494 e. The summed E-state index contributed by atoms with van der Waals surface area (Å²) in [5, 5.41) is 2.65. The van der Waals surface area contributed by atoms with Crippen molar-refractivity contribution in [1.82, 2.24) is 9.47 Å². The highest BCUT2D eigenvalue weighted by atomic mass is 16.5. The van der Waals surface area contributed by atoms with Crippen molar-refractivity contribution in [3.63, 3.8) is 0 Å². The van der Waals surface area contributed by atoms with Gasteiger partial charge in [0.05, 0.1) is 12.2 Å². The molecule has 0 saturated heterocycles. The first kappa shape index (κ1) is 24.2. The molecule has 1 aromatic carbocycles. The second-order valence-electron chi connectivity index (χ2n) is 7.53. The number of carbonyl (C=O) groups excluding carboxylic acids is 2. The van der Waals surface area contributed by atoms with Gasteiger partial charge in [-0.1, -0.05) is 27.2 Å². The second kappa shape index (κ2) is 11.9. The van der Waals surface area contributed by atoms with Crippen LogP contribution in [0.4, 0.5) is 5.69 Å². The molecule has 0 fully saturated rings. The van der Waals surface area contributed by atoms with Gasteiger partial charge in [-0.3, -0.25) is 14.4 Å². The number of unbranched alkanes of at least 4 members (excludes halogenated alkanes) is 1. The summed E-state index contributed by atoms with van der Waals surface area (Å²) in [7, 11) is 1.57. The Kier molecular flexibility index (Phi) is 9.31. The molecule has 0 saturated carbocycles. The van der Waals surface area contributed by atoms with Crippen molar-refractivity contribution in [2.75, 3.05) is 25.0 Å². The molecule has 0 aliphatic carbocycles. The summed E-state index contributed by atoms with van der Waals surface area (Å²) in [6.07, 6.45) is 5.22. The molecule has 0 aliphatic rings. The number of hydrogen-bond acceptors (Lipinski definition) is 4. The van der Waals surface area contributed by atoms with Gasteiger partial charge >= 0.3 is 0 Å². The predicted octanol–water partition coefficient (Wildman–Crippen LogP) is 4.08. The van der Waals surface area contributed by atoms with E-state index in [0.717, 1.165) is 25.7 Å². The van der Waals surface area contributed by atoms with Crippen molar-refractivity contribution < 1.29 is 14.3 Å². The molecule has 2 amide bonds. The molecule has 31 heavy (non-hydrogen) atoms. The van der Waals surface area contributed by atoms with Crippen molar-refractivity contribution in [1.29, 1.82) is 0 Å². The molecule has 1 heterocycles. The summed E-state index contributed by atoms with van der Waals surface area (Å²) in [4.78, 5) is 39.9. The third-order valence-electron chi connectivity index (χ3n) is 4.84. The maximum Gasteiger partial charge on any atom is 0.274 e. The summed E-state index contributed by atoms with van der Waals surface area (Å²) in [5.74, 6) is 0.129. The number of ether oxygens (including phenoxy) is 1. The minimum Gasteiger partial charge on any atom is -0.494 e. The molecule has 168 valence electrons. The second-order valence-corrected chi connectivity index (χ2v) is 7.53. The van der Waals surface area contributed by atoms with Gasteiger partial charge in [0.25, 0.3) is 17.4 Å². The quantitative estimate of drug-likeness (QED) is 0.548. The lowest BCUT2D eigenvalue weighted by Crippen LogP contribution is -2.34. The van der Waals surface area contributed by atoms with E-state index in [1.807, 2.05) is 13.8 Å². The van der Waals surface area contributed by atoms with Crippen LogP contribution in [-0.4, -0.2) is 41.0 Å². The van der Waals surface area contributed by atoms with Gasteiger partial charge < -0.3 is 19.5 Å². The fourth-order valence-electron chi connectivity index (χ4n) is 3.19. The molecule has 0 atom stereocenters. The number of nitrogens with one attached hydrogen (secondary N) is 1. The lowest BCUT2D eigenvalue weighted by molar-refractivity contribution is 0.0754. The molecular weight excluding hydrogens is 394 g/mol. The Hall–Kier alpha value is -3.09. The number of anilines is 1. The minimum absolute atomic E-state index is 0.0783. The van der Waals surface area contributed by atoms with Crippen molar-refractivity contribution >= 4 is 17.5 Å². The maximum atomic E-state index is 12.9. The molecule has 0 aliphatic heterocycles. The minimum atomic E-state index is -0.416. The molecule has 7 nitrogen and oxygen atoms in total. The highest BCUT2D eigenvalue weighted by molar-refractivity contribution is 6.05. The van der Waals surface area contributed by atoms with Gasteiger partial charge in [-0.05, 0) is 49.6 Å². The molecule has 2 rings (SSSR count). The van der Waals surface area contributed by atoms with Crippen LogP contribution in [0.15, 0.2) is 41.3 Å². The molecule has 1 aromatic heterocycles. The van der Waals surface area contributed by atoms with E-state index in [2.05, 4.69) is 12.2 Å². The highest BCUT2D eigenvalue weighted by Gasteiger charge is 2.18. The van der Waals surface area contributed by atoms with Gasteiger partial charge in [-0.2, -0.15) is 0 Å². The molecular formula is C24H33N3O4. The van der Waals surface area contributed by atoms with Gasteiger partial charge in [-0.25, -0.2) is 0 Å². The topological polar surface area (TPSA) is 80.6 Å². The van der Waals surface area contributed by atoms with Crippen molar-refractivity contribution in [2.45, 2.75) is 46.5 Å². The molecule has 0 bridgehead atoms. The van der Waals surface area contributed by atoms with Gasteiger partial charge in [0.15, 0.2) is 0 Å². The fraction of sp³-hybridized carbons (Fsp3) is 0.458. The molecule has 7 heteroatoms. The number of benzene rings is 1. The Labute approximate surface area is 184 Å². The zero-order valence-electron chi connectivity index (χ0n) is 18.9. The van der Waals surface area contributed by atoms with Crippen LogP contribution in [0.2, 0.25) is 0 Å². The summed E-state index contributed by atoms with van der Waals surface area (Å²) in [6.45, 7) is 8.04. The number of aromatic nitrogens is 1. The van der Waals surface area contributed by atoms with Crippen molar-refractivity contribution in [2.24, 2.45) is 7.05 Å². The van der Waals surface area contributed by atoms with Crippen LogP contribution in [0.25, 0.3) is 0 Å². The standard InChI is InChI=1S/C24H33N3O4/c1-5-8-15-31-20-11-9-18(10-12-20)22(28)25-21-16-19(17-26(4)24(21)30)23(29)27(13-6-2)14-7-3/h9-12,16-17H,5-8,13-15H2,1-4H3,(H,25,28). The molecule has 0 spiro atoms. The third kappa shape index (κ3) is 6.70. The SMILES string of the molecule is CCCCOc1ccc(C(=O)Nc2cc(C(=O)N(CCC)CCC)cn(C)c2=O)cc1. The van der Waals surface area contributed by atoms with Crippen LogP contribution < -0.4 is 15.6 Å². The van der Waals surface area contributed by atoms with Crippen molar-refractivity contribution in [3.8, 4) is 5.75 Å². The van der Waals surface area contributed by atoms with Crippen LogP contribution in [0.5, 0.6) is 5.75 Å². The summed E-state index contributed by atoms with van der Waals surface area (Å²) in [5.41, 5.74) is 0.482. The molecule has 2 aromatic rings. The Morgan fingerprint density at radius 2 is 1.65 bits per heavy atom. The Balaban J connectivity index is 2.19. The Bertz CT molecular complexity index is 929. The monoisotopic (exact) mass is 427 g/mol. The number of aryl methyl sites for hydroxylation is 1. The number of pyridine rings is 1. The first-order chi connectivity index (χ1) is 14.9. The first-order valence-corrected chi connectivity index (χ1v) is 10.9. The van der Waals surface area contributed by atoms with Gasteiger partial charge in [0.2, 0.25) is 0 Å². The lowest BCUT2D eigenvalue weighted by atomic mass is 10.2. The van der Waals surface area contributed by atoms with Gasteiger partial charge in [0.1, 0.15) is 11.4 Å². The first-order valence-electron chi connectivity index (χ1n) is 10.9. The van der Waals surface area contributed by atoms with Crippen LogP contribution in [0.1, 0.15) is 67.2 Å². The number of nitrogens with zero attached hydrogens (tertiary/aromatic N) is 2. The van der Waals surface area contributed by atoms with E-state index >= 15 is 0 Å². The number of amides is 2. The van der Waals surface area contributed by atoms with Crippen LogP contribution in [-0.2, 0) is 7.05 Å². The summed E-state index contributed by atoms with van der Waals surface area (Å²) >= 11 is 0. The van der Waals surface area contributed by atoms with E-state index in [4.69, 9.17) is 4.74 Å². The number of carbonyl (C=O) groups is 2. The van der Waals surface area contributed by atoms with Crippen LogP contribution in [0, 0.1) is 0 Å². The predicted molar refractivity (Wildman–Crippen MR) is 123 cm³/mol. The smallest absolute Gasteiger partial charge is 0.274 e. The van der Waals surface area contributed by atoms with Gasteiger partial charge in [0, 0.05) is 31.9 Å². The van der Waals surface area contributed by atoms with E-state index in [1.165, 1.54) is 16.8 Å². The number of hydrogen-bond donors (Lipinski definition) is 1. The summed E-state index contributed by atoms with van der Waals surface area (Å²) in [6, 6.07) is 8.23. The fourth-order valence-corrected chi connectivity index (χ4v) is 3.19. The molecule has 1 N–H and O–H groups in total. The van der Waals surface area contributed by atoms with Crippen molar-refractivity contribution in [3.05, 3.63) is 58.0 Å². The van der Waals surface area contributed by atoms with E-state index in [0.29, 0.717) is 36.6 Å². The average molecular weight is 428 g/mol. The lowest BCUT2D eigenvalue weighted by Gasteiger charge is -2.22. The van der Waals surface area contributed by atoms with E-state index < -0.39 is 5.91 Å². The van der Waals surface area contributed by atoms with Gasteiger partial charge in [-0.15, -0.1) is 0 Å². The zero-order valence-corrected chi connectivity index (χ0v) is 18.9. The Morgan fingerprint density at radius 1 is 1.00 bits per heavy atom.